The summed E-state index contributed by atoms with van der Waals surface area (Å²) in [4.78, 5) is 16.0. The molecule has 0 saturated carbocycles. The molecule has 0 aliphatic heterocycles. The zero-order chi connectivity index (χ0) is 26.2. The number of rotatable bonds is 12. The summed E-state index contributed by atoms with van der Waals surface area (Å²) in [5.74, 6) is -1.75. The summed E-state index contributed by atoms with van der Waals surface area (Å²) in [6.07, 6.45) is 8.55. The Morgan fingerprint density at radius 2 is 1.53 bits per heavy atom. The van der Waals surface area contributed by atoms with E-state index < -0.39 is 17.6 Å². The van der Waals surface area contributed by atoms with Crippen molar-refractivity contribution in [2.24, 2.45) is 0 Å². The molecule has 3 aromatic carbocycles. The molecule has 4 nitrogen and oxygen atoms in total. The molecule has 0 aliphatic rings. The van der Waals surface area contributed by atoms with Gasteiger partial charge in [-0.3, -0.25) is 0 Å². The molecular formula is C31H30F2NNaO3. The average Bonchev–Trinajstić information content (AvgIpc) is 2.90. The normalized spacial score (nSPS) is 10.8. The minimum Gasteiger partial charge on any atom is -0.545 e. The summed E-state index contributed by atoms with van der Waals surface area (Å²) in [5, 5.41) is 11.8. The number of carbonyl (C=O) groups is 1. The van der Waals surface area contributed by atoms with Gasteiger partial charge in [-0.2, -0.15) is 0 Å². The van der Waals surface area contributed by atoms with Gasteiger partial charge in [0.05, 0.1) is 23.8 Å². The molecule has 7 heteroatoms. The number of unbranched alkanes of at least 4 members (excludes halogenated alkanes) is 6. The summed E-state index contributed by atoms with van der Waals surface area (Å²) >= 11 is 0. The number of pyridine rings is 1. The Labute approximate surface area is 244 Å². The van der Waals surface area contributed by atoms with E-state index in [4.69, 9.17) is 4.74 Å². The van der Waals surface area contributed by atoms with Gasteiger partial charge < -0.3 is 14.6 Å². The number of benzene rings is 3. The minimum absolute atomic E-state index is 0. The molecular weight excluding hydrogens is 495 g/mol. The summed E-state index contributed by atoms with van der Waals surface area (Å²) in [7, 11) is 0. The number of aromatic nitrogens is 1. The van der Waals surface area contributed by atoms with E-state index in [-0.39, 0.29) is 51.7 Å². The molecule has 1 heterocycles. The number of carbonyl (C=O) groups excluding carboxylic acids is 1. The maximum atomic E-state index is 15.1. The minimum atomic E-state index is -1.45. The first kappa shape index (κ1) is 29.8. The molecule has 0 fully saturated rings. The van der Waals surface area contributed by atoms with E-state index in [1.165, 1.54) is 56.4 Å². The van der Waals surface area contributed by atoms with Crippen LogP contribution in [0.2, 0.25) is 0 Å². The molecule has 4 rings (SSSR count). The number of ether oxygens (including phenoxy) is 1. The fourth-order valence-corrected chi connectivity index (χ4v) is 4.40. The van der Waals surface area contributed by atoms with Gasteiger partial charge in [-0.15, -0.1) is 0 Å². The molecule has 0 radical (unpaired) electrons. The van der Waals surface area contributed by atoms with Gasteiger partial charge in [-0.05, 0) is 54.4 Å². The van der Waals surface area contributed by atoms with Crippen molar-refractivity contribution in [2.75, 3.05) is 6.61 Å². The molecule has 0 spiro atoms. The fourth-order valence-electron chi connectivity index (χ4n) is 4.40. The van der Waals surface area contributed by atoms with E-state index in [1.54, 1.807) is 12.1 Å². The van der Waals surface area contributed by atoms with Gasteiger partial charge in [0.1, 0.15) is 17.4 Å². The number of hydrogen-bond acceptors (Lipinski definition) is 4. The third kappa shape index (κ3) is 7.62. The molecule has 0 amide bonds. The van der Waals surface area contributed by atoms with Gasteiger partial charge in [0.25, 0.3) is 0 Å². The van der Waals surface area contributed by atoms with Crippen molar-refractivity contribution in [3.8, 4) is 28.1 Å². The predicted octanol–water partition coefficient (Wildman–Crippen LogP) is 4.34. The molecule has 192 valence electrons. The summed E-state index contributed by atoms with van der Waals surface area (Å²) < 4.78 is 34.6. The zero-order valence-corrected chi connectivity index (χ0v) is 23.9. The second kappa shape index (κ2) is 14.4. The number of carboxylic acids is 1. The van der Waals surface area contributed by atoms with E-state index in [0.29, 0.717) is 23.3 Å². The quantitative estimate of drug-likeness (QED) is 0.204. The summed E-state index contributed by atoms with van der Waals surface area (Å²) in [6.45, 7) is 2.88. The molecule has 0 saturated heterocycles. The van der Waals surface area contributed by atoms with Gasteiger partial charge in [-0.1, -0.05) is 69.7 Å². The Morgan fingerprint density at radius 3 is 2.21 bits per heavy atom. The molecule has 4 aromatic rings. The number of carboxylic acid groups (broad SMARTS) is 1. The van der Waals surface area contributed by atoms with Crippen LogP contribution in [0.4, 0.5) is 8.78 Å². The monoisotopic (exact) mass is 525 g/mol. The number of hydrogen-bond donors (Lipinski definition) is 0. The van der Waals surface area contributed by atoms with Crippen LogP contribution in [-0.4, -0.2) is 17.6 Å². The van der Waals surface area contributed by atoms with Crippen LogP contribution in [0.15, 0.2) is 66.7 Å². The van der Waals surface area contributed by atoms with Crippen LogP contribution in [0.25, 0.3) is 33.3 Å². The number of nitrogens with zero attached hydrogens (tertiary/aromatic N) is 1. The second-order valence-corrected chi connectivity index (χ2v) is 9.19. The van der Waals surface area contributed by atoms with Crippen molar-refractivity contribution in [3.63, 3.8) is 0 Å². The fraction of sp³-hybridized carbons (Fsp3) is 0.290. The van der Waals surface area contributed by atoms with Gasteiger partial charge in [0.15, 0.2) is 0 Å². The largest absolute Gasteiger partial charge is 1.00 e. The average molecular weight is 526 g/mol. The maximum absolute atomic E-state index is 15.1. The van der Waals surface area contributed by atoms with Crippen molar-refractivity contribution in [1.29, 1.82) is 0 Å². The SMILES string of the molecule is CCCCCCCCCOc1ccc(-c2ccc(-c3cc(C(=O)[O-])c4cc(F)ccc4n3)cc2F)cc1.[Na+]. The van der Waals surface area contributed by atoms with E-state index in [0.717, 1.165) is 24.7 Å². The van der Waals surface area contributed by atoms with Crippen molar-refractivity contribution in [2.45, 2.75) is 51.9 Å². The van der Waals surface area contributed by atoms with Gasteiger partial charge in [-0.25, -0.2) is 13.8 Å². The van der Waals surface area contributed by atoms with E-state index in [1.807, 2.05) is 24.3 Å². The number of fused-ring (bicyclic) bond motifs is 1. The molecule has 0 unspecified atom stereocenters. The molecule has 0 N–H and O–H groups in total. The third-order valence-corrected chi connectivity index (χ3v) is 6.44. The van der Waals surface area contributed by atoms with Crippen LogP contribution in [0, 0.1) is 11.6 Å². The van der Waals surface area contributed by atoms with Crippen LogP contribution in [0.5, 0.6) is 5.75 Å². The Morgan fingerprint density at radius 1 is 0.842 bits per heavy atom. The predicted molar refractivity (Wildman–Crippen MR) is 140 cm³/mol. The first-order valence-electron chi connectivity index (χ1n) is 12.8. The van der Waals surface area contributed by atoms with Crippen molar-refractivity contribution in [1.82, 2.24) is 4.98 Å². The molecule has 1 aromatic heterocycles. The maximum Gasteiger partial charge on any atom is 1.00 e. The van der Waals surface area contributed by atoms with Crippen LogP contribution < -0.4 is 39.4 Å². The Kier molecular flexibility index (Phi) is 11.3. The van der Waals surface area contributed by atoms with Crippen molar-refractivity contribution in [3.05, 3.63) is 83.9 Å². The smallest absolute Gasteiger partial charge is 0.545 e. The van der Waals surface area contributed by atoms with Crippen LogP contribution in [0.1, 0.15) is 62.2 Å². The van der Waals surface area contributed by atoms with Gasteiger partial charge in [0, 0.05) is 22.1 Å². The van der Waals surface area contributed by atoms with Crippen molar-refractivity contribution >= 4 is 16.9 Å². The molecule has 0 aliphatic carbocycles. The Hall–Kier alpha value is -2.80. The third-order valence-electron chi connectivity index (χ3n) is 6.44. The Bertz CT molecular complexity index is 1380. The first-order valence-corrected chi connectivity index (χ1v) is 12.8. The van der Waals surface area contributed by atoms with E-state index >= 15 is 4.39 Å². The molecule has 0 bridgehead atoms. The zero-order valence-electron chi connectivity index (χ0n) is 21.9. The summed E-state index contributed by atoms with van der Waals surface area (Å²) in [6, 6.07) is 16.9. The van der Waals surface area contributed by atoms with Gasteiger partial charge in [0.2, 0.25) is 0 Å². The van der Waals surface area contributed by atoms with Gasteiger partial charge >= 0.3 is 29.6 Å². The standard InChI is InChI=1S/C31H31F2NO3.Na/c1-2-3-4-5-6-7-8-17-37-24-13-9-21(10-14-24)25-15-11-22(18-28(25)33)30-20-27(31(35)36)26-19-23(32)12-16-29(26)34-30;/h9-16,18-20H,2-8,17H2,1H3,(H,35,36);/q;+1/p-1. The topological polar surface area (TPSA) is 62.2 Å². The van der Waals surface area contributed by atoms with Crippen molar-refractivity contribution < 1.29 is 53.0 Å². The van der Waals surface area contributed by atoms with E-state index in [2.05, 4.69) is 11.9 Å². The summed E-state index contributed by atoms with van der Waals surface area (Å²) in [5.41, 5.74) is 1.86. The van der Waals surface area contributed by atoms with Crippen LogP contribution >= 0.6 is 0 Å². The number of aromatic carboxylic acids is 1. The van der Waals surface area contributed by atoms with Crippen LogP contribution in [-0.2, 0) is 0 Å². The first-order chi connectivity index (χ1) is 18.0. The molecule has 0 atom stereocenters. The Balaban J connectivity index is 0.00000400. The molecule has 38 heavy (non-hydrogen) atoms. The number of halogens is 2. The van der Waals surface area contributed by atoms with Crippen LogP contribution in [0.3, 0.4) is 0 Å². The van der Waals surface area contributed by atoms with E-state index in [9.17, 15) is 14.3 Å². The second-order valence-electron chi connectivity index (χ2n) is 9.19.